The average Bonchev–Trinajstić information content (AvgIpc) is 3.42. The second-order valence-electron chi connectivity index (χ2n) is 11.8. The van der Waals surface area contributed by atoms with E-state index in [0.29, 0.717) is 18.3 Å². The van der Waals surface area contributed by atoms with E-state index < -0.39 is 23.5 Å². The molecule has 0 bridgehead atoms. The number of aromatic nitrogens is 3. The van der Waals surface area contributed by atoms with E-state index in [1.165, 1.54) is 0 Å². The molecule has 1 unspecified atom stereocenters. The summed E-state index contributed by atoms with van der Waals surface area (Å²) in [6.07, 6.45) is 0. The number of carboxylic acid groups (broad SMARTS) is 1. The van der Waals surface area contributed by atoms with Crippen molar-refractivity contribution in [2.75, 3.05) is 6.61 Å². The van der Waals surface area contributed by atoms with E-state index in [1.54, 1.807) is 18.3 Å². The van der Waals surface area contributed by atoms with Crippen LogP contribution in [0, 0.1) is 26.7 Å². The second kappa shape index (κ2) is 11.9. The SMILES string of the molecule is Cc1sc2c(c1C)C(c1ccc(-c3ccc(COCC(=O)OC(C)(C)C)cc3)cc1)=N[C@@H](C(C)C(=O)O)c1nnc(C)n1-2. The average molecular weight is 601 g/mol. The number of aryl methyl sites for hydroxylation is 2. The lowest BCUT2D eigenvalue weighted by Crippen LogP contribution is -2.26. The third-order valence-corrected chi connectivity index (χ3v) is 8.60. The summed E-state index contributed by atoms with van der Waals surface area (Å²) in [5.41, 5.74) is 6.22. The van der Waals surface area contributed by atoms with E-state index in [1.807, 2.05) is 80.8 Å². The van der Waals surface area contributed by atoms with Crippen LogP contribution in [0.5, 0.6) is 0 Å². The minimum Gasteiger partial charge on any atom is -0.481 e. The van der Waals surface area contributed by atoms with Crippen LogP contribution in [0.2, 0.25) is 0 Å². The first-order valence-corrected chi connectivity index (χ1v) is 15.0. The van der Waals surface area contributed by atoms with E-state index in [0.717, 1.165) is 49.0 Å². The lowest BCUT2D eigenvalue weighted by Gasteiger charge is -2.19. The van der Waals surface area contributed by atoms with Gasteiger partial charge in [-0.05, 0) is 70.7 Å². The van der Waals surface area contributed by atoms with Gasteiger partial charge >= 0.3 is 11.9 Å². The van der Waals surface area contributed by atoms with Crippen LogP contribution in [-0.2, 0) is 25.7 Å². The third kappa shape index (κ3) is 6.30. The first kappa shape index (κ1) is 30.3. The van der Waals surface area contributed by atoms with Gasteiger partial charge in [-0.1, -0.05) is 48.5 Å². The molecular weight excluding hydrogens is 564 g/mol. The predicted molar refractivity (Wildman–Crippen MR) is 166 cm³/mol. The maximum absolute atomic E-state index is 12.1. The number of aliphatic carboxylic acids is 1. The topological polar surface area (TPSA) is 116 Å². The molecule has 43 heavy (non-hydrogen) atoms. The Kier molecular flexibility index (Phi) is 8.36. The van der Waals surface area contributed by atoms with Crippen LogP contribution in [0.25, 0.3) is 16.1 Å². The highest BCUT2D eigenvalue weighted by atomic mass is 32.1. The summed E-state index contributed by atoms with van der Waals surface area (Å²) in [5.74, 6) is -0.879. The highest BCUT2D eigenvalue weighted by Crippen LogP contribution is 2.40. The molecule has 0 aliphatic carbocycles. The minimum atomic E-state index is -0.938. The van der Waals surface area contributed by atoms with Gasteiger partial charge in [0, 0.05) is 16.0 Å². The van der Waals surface area contributed by atoms with E-state index in [9.17, 15) is 14.7 Å². The van der Waals surface area contributed by atoms with Crippen LogP contribution in [0.1, 0.15) is 72.5 Å². The summed E-state index contributed by atoms with van der Waals surface area (Å²) < 4.78 is 12.8. The molecule has 5 rings (SSSR count). The Morgan fingerprint density at radius 3 is 2.19 bits per heavy atom. The van der Waals surface area contributed by atoms with E-state index in [-0.39, 0.29) is 12.6 Å². The zero-order chi connectivity index (χ0) is 31.1. The van der Waals surface area contributed by atoms with Gasteiger partial charge in [-0.3, -0.25) is 14.4 Å². The van der Waals surface area contributed by atoms with E-state index >= 15 is 0 Å². The summed E-state index contributed by atoms with van der Waals surface area (Å²) in [6, 6.07) is 15.5. The standard InChI is InChI=1S/C33H36N4O5S/c1-18-20(3)43-31-27(18)29(34-28(19(2)32(39)40)30-36-35-21(4)37(30)31)25-14-12-24(13-15-25)23-10-8-22(9-11-23)16-41-17-26(38)42-33(5,6)7/h8-15,19,28H,16-17H2,1-7H3,(H,39,40)/t19?,28-/m0/s1. The van der Waals surface area contributed by atoms with Gasteiger partial charge in [0.15, 0.2) is 5.82 Å². The normalized spacial score (nSPS) is 15.2. The molecule has 0 saturated heterocycles. The van der Waals surface area contributed by atoms with Crippen molar-refractivity contribution in [3.8, 4) is 16.1 Å². The number of carboxylic acids is 1. The molecule has 0 spiro atoms. The molecule has 1 aliphatic heterocycles. The number of fused-ring (bicyclic) bond motifs is 3. The van der Waals surface area contributed by atoms with Crippen LogP contribution < -0.4 is 0 Å². The molecule has 2 aromatic heterocycles. The van der Waals surface area contributed by atoms with Crippen LogP contribution in [0.4, 0.5) is 0 Å². The smallest absolute Gasteiger partial charge is 0.332 e. The van der Waals surface area contributed by atoms with Gasteiger partial charge in [-0.15, -0.1) is 21.5 Å². The molecule has 3 heterocycles. The maximum atomic E-state index is 12.1. The molecule has 224 valence electrons. The fourth-order valence-electron chi connectivity index (χ4n) is 5.05. The Bertz CT molecular complexity index is 1690. The van der Waals surface area contributed by atoms with Crippen molar-refractivity contribution in [1.82, 2.24) is 14.8 Å². The van der Waals surface area contributed by atoms with Crippen LogP contribution in [0.15, 0.2) is 53.5 Å². The highest BCUT2D eigenvalue weighted by Gasteiger charge is 2.36. The zero-order valence-electron chi connectivity index (χ0n) is 25.5. The minimum absolute atomic E-state index is 0.0984. The summed E-state index contributed by atoms with van der Waals surface area (Å²) in [7, 11) is 0. The Hall–Kier alpha value is -4.15. The van der Waals surface area contributed by atoms with Crippen molar-refractivity contribution in [1.29, 1.82) is 0 Å². The summed E-state index contributed by atoms with van der Waals surface area (Å²) in [5, 5.41) is 19.6. The summed E-state index contributed by atoms with van der Waals surface area (Å²) in [6.45, 7) is 13.4. The summed E-state index contributed by atoms with van der Waals surface area (Å²) in [4.78, 5) is 30.2. The van der Waals surface area contributed by atoms with Gasteiger partial charge in [0.2, 0.25) is 0 Å². The molecule has 4 aromatic rings. The molecule has 10 heteroatoms. The fourth-order valence-corrected chi connectivity index (χ4v) is 6.27. The van der Waals surface area contributed by atoms with Gasteiger partial charge < -0.3 is 14.6 Å². The quantitative estimate of drug-likeness (QED) is 0.233. The Morgan fingerprint density at radius 1 is 0.977 bits per heavy atom. The molecule has 9 nitrogen and oxygen atoms in total. The number of carbonyl (C=O) groups is 2. The monoisotopic (exact) mass is 600 g/mol. The molecular formula is C33H36N4O5S. The van der Waals surface area contributed by atoms with Crippen molar-refractivity contribution in [3.05, 3.63) is 87.3 Å². The third-order valence-electron chi connectivity index (χ3n) is 7.41. The van der Waals surface area contributed by atoms with Gasteiger partial charge in [0.05, 0.1) is 18.2 Å². The molecule has 0 fully saturated rings. The lowest BCUT2D eigenvalue weighted by atomic mass is 9.96. The first-order valence-electron chi connectivity index (χ1n) is 14.2. The van der Waals surface area contributed by atoms with Gasteiger partial charge in [0.25, 0.3) is 0 Å². The van der Waals surface area contributed by atoms with E-state index in [2.05, 4.69) is 24.0 Å². The van der Waals surface area contributed by atoms with Crippen LogP contribution in [-0.4, -0.2) is 49.7 Å². The van der Waals surface area contributed by atoms with Crippen molar-refractivity contribution in [3.63, 3.8) is 0 Å². The van der Waals surface area contributed by atoms with Crippen LogP contribution in [0.3, 0.4) is 0 Å². The number of aliphatic imine (C=N–C) groups is 1. The lowest BCUT2D eigenvalue weighted by molar-refractivity contribution is -0.160. The number of thiophene rings is 1. The number of hydrogen-bond donors (Lipinski definition) is 1. The van der Waals surface area contributed by atoms with Gasteiger partial charge in [0.1, 0.15) is 29.1 Å². The molecule has 1 aliphatic rings. The molecule has 0 radical (unpaired) electrons. The number of esters is 1. The number of ether oxygens (including phenoxy) is 2. The molecule has 1 N–H and O–H groups in total. The van der Waals surface area contributed by atoms with Crippen molar-refractivity contribution < 1.29 is 24.2 Å². The molecule has 2 aromatic carbocycles. The number of hydrogen-bond acceptors (Lipinski definition) is 8. The molecule has 0 saturated carbocycles. The molecule has 0 amide bonds. The van der Waals surface area contributed by atoms with E-state index in [4.69, 9.17) is 14.5 Å². The number of nitrogens with zero attached hydrogens (tertiary/aromatic N) is 4. The van der Waals surface area contributed by atoms with Crippen molar-refractivity contribution >= 4 is 29.0 Å². The largest absolute Gasteiger partial charge is 0.481 e. The van der Waals surface area contributed by atoms with Crippen LogP contribution >= 0.6 is 11.3 Å². The molecule has 2 atom stereocenters. The number of benzene rings is 2. The summed E-state index contributed by atoms with van der Waals surface area (Å²) >= 11 is 1.64. The van der Waals surface area contributed by atoms with Crippen molar-refractivity contribution in [2.45, 2.75) is 66.7 Å². The number of carbonyl (C=O) groups excluding carboxylic acids is 1. The Morgan fingerprint density at radius 2 is 1.58 bits per heavy atom. The second-order valence-corrected chi connectivity index (χ2v) is 13.0. The van der Waals surface area contributed by atoms with Gasteiger partial charge in [-0.25, -0.2) is 4.79 Å². The maximum Gasteiger partial charge on any atom is 0.332 e. The predicted octanol–water partition coefficient (Wildman–Crippen LogP) is 6.39. The fraction of sp³-hybridized carbons (Fsp3) is 0.364. The first-order chi connectivity index (χ1) is 20.3. The Labute approximate surface area is 255 Å². The zero-order valence-corrected chi connectivity index (χ0v) is 26.3. The van der Waals surface area contributed by atoms with Crippen molar-refractivity contribution in [2.24, 2.45) is 10.9 Å². The number of rotatable bonds is 8. The Balaban J connectivity index is 1.41. The highest BCUT2D eigenvalue weighted by molar-refractivity contribution is 7.15. The van der Waals surface area contributed by atoms with Gasteiger partial charge in [-0.2, -0.15) is 0 Å².